The van der Waals surface area contributed by atoms with Crippen LogP contribution in [0.1, 0.15) is 25.3 Å². The molecule has 1 aliphatic heterocycles. The lowest BCUT2D eigenvalue weighted by Crippen LogP contribution is -2.37. The van der Waals surface area contributed by atoms with Gasteiger partial charge in [0.15, 0.2) is 0 Å². The van der Waals surface area contributed by atoms with Gasteiger partial charge in [0, 0.05) is 18.7 Å². The van der Waals surface area contributed by atoms with Crippen molar-refractivity contribution in [2.24, 2.45) is 5.92 Å². The molecule has 0 radical (unpaired) electrons. The molecule has 2 aromatic rings. The van der Waals surface area contributed by atoms with Gasteiger partial charge in [0.2, 0.25) is 5.95 Å². The molecule has 1 aromatic carbocycles. The lowest BCUT2D eigenvalue weighted by atomic mass is 10.0. The Labute approximate surface area is 153 Å². The van der Waals surface area contributed by atoms with E-state index in [0.717, 1.165) is 36.9 Å². The van der Waals surface area contributed by atoms with Crippen molar-refractivity contribution in [2.45, 2.75) is 19.8 Å². The fourth-order valence-electron chi connectivity index (χ4n) is 3.31. The van der Waals surface area contributed by atoms with Gasteiger partial charge < -0.3 is 16.2 Å². The van der Waals surface area contributed by atoms with Crippen LogP contribution in [0.3, 0.4) is 0 Å². The molecular weight excluding hydrogens is 328 g/mol. The van der Waals surface area contributed by atoms with E-state index < -0.39 is 0 Å². The van der Waals surface area contributed by atoms with Crippen molar-refractivity contribution in [3.63, 3.8) is 0 Å². The van der Waals surface area contributed by atoms with E-state index in [-0.39, 0.29) is 17.3 Å². The Kier molecular flexibility index (Phi) is 5.54. The van der Waals surface area contributed by atoms with Crippen LogP contribution in [0.15, 0.2) is 24.3 Å². The Morgan fingerprint density at radius 3 is 2.73 bits per heavy atom. The number of hydrogen-bond acceptors (Lipinski definition) is 7. The number of ether oxygens (including phenoxy) is 1. The molecule has 0 amide bonds. The third kappa shape index (κ3) is 4.21. The molecule has 1 saturated heterocycles. The largest absolute Gasteiger partial charge is 0.492 e. The van der Waals surface area contributed by atoms with Crippen LogP contribution in [-0.4, -0.2) is 41.1 Å². The lowest BCUT2D eigenvalue weighted by molar-refractivity contribution is 0.153. The van der Waals surface area contributed by atoms with Crippen LogP contribution >= 0.6 is 0 Å². The van der Waals surface area contributed by atoms with Crippen LogP contribution < -0.4 is 16.2 Å². The zero-order chi connectivity index (χ0) is 18.5. The van der Waals surface area contributed by atoms with E-state index in [4.69, 9.17) is 16.2 Å². The summed E-state index contributed by atoms with van der Waals surface area (Å²) < 4.78 is 5.85. The van der Waals surface area contributed by atoms with Gasteiger partial charge in [0.1, 0.15) is 29.8 Å². The summed E-state index contributed by atoms with van der Waals surface area (Å²) in [6.07, 6.45) is 2.59. The summed E-state index contributed by atoms with van der Waals surface area (Å²) in [5, 5.41) is 9.28. The number of anilines is 2. The number of nitrogens with two attached hydrogens (primary N) is 2. The molecule has 0 aliphatic carbocycles. The van der Waals surface area contributed by atoms with Gasteiger partial charge in [0.05, 0.1) is 5.69 Å². The number of benzene rings is 1. The minimum atomic E-state index is 0.0487. The fourth-order valence-corrected chi connectivity index (χ4v) is 3.31. The third-order valence-corrected chi connectivity index (χ3v) is 4.61. The molecule has 1 aromatic heterocycles. The standard InChI is InChI=1S/C19H24N6O/c1-13-3-2-8-25(12-13)9-10-26-15-6-4-14(5-7-15)17-16(11-20)18(21)24-19(22)23-17/h4-7,13H,2-3,8-10,12H2,1H3,(H4,21,22,23,24). The minimum Gasteiger partial charge on any atom is -0.492 e. The van der Waals surface area contributed by atoms with Crippen molar-refractivity contribution in [3.8, 4) is 23.1 Å². The quantitative estimate of drug-likeness (QED) is 0.848. The average molecular weight is 352 g/mol. The summed E-state index contributed by atoms with van der Waals surface area (Å²) in [6.45, 7) is 6.19. The van der Waals surface area contributed by atoms with Crippen LogP contribution in [0.5, 0.6) is 5.75 Å². The summed E-state index contributed by atoms with van der Waals surface area (Å²) in [5.41, 5.74) is 12.8. The van der Waals surface area contributed by atoms with Gasteiger partial charge in [-0.05, 0) is 49.6 Å². The van der Waals surface area contributed by atoms with E-state index in [1.807, 2.05) is 30.3 Å². The molecule has 136 valence electrons. The third-order valence-electron chi connectivity index (χ3n) is 4.61. The first kappa shape index (κ1) is 18.0. The molecular formula is C19H24N6O. The van der Waals surface area contributed by atoms with Gasteiger partial charge >= 0.3 is 0 Å². The minimum absolute atomic E-state index is 0.0487. The summed E-state index contributed by atoms with van der Waals surface area (Å²) in [5.74, 6) is 1.69. The Morgan fingerprint density at radius 1 is 1.27 bits per heavy atom. The van der Waals surface area contributed by atoms with E-state index in [9.17, 15) is 5.26 Å². The Bertz CT molecular complexity index is 799. The Balaban J connectivity index is 1.63. The highest BCUT2D eigenvalue weighted by atomic mass is 16.5. The highest BCUT2D eigenvalue weighted by Crippen LogP contribution is 2.27. The highest BCUT2D eigenvalue weighted by Gasteiger charge is 2.16. The molecule has 7 nitrogen and oxygen atoms in total. The molecule has 1 fully saturated rings. The number of hydrogen-bond donors (Lipinski definition) is 2. The zero-order valence-electron chi connectivity index (χ0n) is 15.0. The Hall–Kier alpha value is -2.85. The maximum Gasteiger partial charge on any atom is 0.222 e. The molecule has 1 atom stereocenters. The number of piperidine rings is 1. The second-order valence-corrected chi connectivity index (χ2v) is 6.72. The summed E-state index contributed by atoms with van der Waals surface area (Å²) in [6, 6.07) is 9.46. The molecule has 2 heterocycles. The van der Waals surface area contributed by atoms with Gasteiger partial charge in [-0.25, -0.2) is 4.98 Å². The summed E-state index contributed by atoms with van der Waals surface area (Å²) >= 11 is 0. The van der Waals surface area contributed by atoms with Crippen molar-refractivity contribution in [1.82, 2.24) is 14.9 Å². The van der Waals surface area contributed by atoms with Gasteiger partial charge in [-0.3, -0.25) is 4.90 Å². The number of likely N-dealkylation sites (tertiary alicyclic amines) is 1. The lowest BCUT2D eigenvalue weighted by Gasteiger charge is -2.30. The number of nitriles is 1. The maximum absolute atomic E-state index is 9.28. The number of rotatable bonds is 5. The van der Waals surface area contributed by atoms with Crippen molar-refractivity contribution in [1.29, 1.82) is 5.26 Å². The predicted octanol–water partition coefficient (Wildman–Crippen LogP) is 2.29. The molecule has 0 saturated carbocycles. The number of nitrogen functional groups attached to an aromatic ring is 2. The van der Waals surface area contributed by atoms with E-state index in [0.29, 0.717) is 12.3 Å². The second-order valence-electron chi connectivity index (χ2n) is 6.72. The Morgan fingerprint density at radius 2 is 2.04 bits per heavy atom. The molecule has 4 N–H and O–H groups in total. The molecule has 1 unspecified atom stereocenters. The predicted molar refractivity (Wildman–Crippen MR) is 101 cm³/mol. The topological polar surface area (TPSA) is 114 Å². The molecule has 26 heavy (non-hydrogen) atoms. The van der Waals surface area contributed by atoms with Crippen LogP contribution in [0.25, 0.3) is 11.3 Å². The highest BCUT2D eigenvalue weighted by molar-refractivity contribution is 5.73. The number of nitrogens with zero attached hydrogens (tertiary/aromatic N) is 4. The van der Waals surface area contributed by atoms with Crippen molar-refractivity contribution in [2.75, 3.05) is 37.7 Å². The van der Waals surface area contributed by atoms with Crippen LogP contribution in [0.4, 0.5) is 11.8 Å². The van der Waals surface area contributed by atoms with Crippen LogP contribution in [-0.2, 0) is 0 Å². The SMILES string of the molecule is CC1CCCN(CCOc2ccc(-c3nc(N)nc(N)c3C#N)cc2)C1. The van der Waals surface area contributed by atoms with E-state index in [1.54, 1.807) is 0 Å². The van der Waals surface area contributed by atoms with Gasteiger partial charge in [-0.2, -0.15) is 10.2 Å². The first-order chi connectivity index (χ1) is 12.6. The van der Waals surface area contributed by atoms with E-state index in [1.165, 1.54) is 12.8 Å². The second kappa shape index (κ2) is 8.02. The van der Waals surface area contributed by atoms with Crippen LogP contribution in [0.2, 0.25) is 0 Å². The van der Waals surface area contributed by atoms with Gasteiger partial charge in [-0.1, -0.05) is 6.92 Å². The first-order valence-electron chi connectivity index (χ1n) is 8.85. The smallest absolute Gasteiger partial charge is 0.222 e. The summed E-state index contributed by atoms with van der Waals surface area (Å²) in [4.78, 5) is 10.4. The summed E-state index contributed by atoms with van der Waals surface area (Å²) in [7, 11) is 0. The van der Waals surface area contributed by atoms with Gasteiger partial charge in [-0.15, -0.1) is 0 Å². The normalized spacial score (nSPS) is 17.6. The molecule has 0 spiro atoms. The van der Waals surface area contributed by atoms with Crippen molar-refractivity contribution < 1.29 is 4.74 Å². The van der Waals surface area contributed by atoms with Crippen molar-refractivity contribution >= 4 is 11.8 Å². The van der Waals surface area contributed by atoms with Gasteiger partial charge in [0.25, 0.3) is 0 Å². The fraction of sp³-hybridized carbons (Fsp3) is 0.421. The van der Waals surface area contributed by atoms with Crippen molar-refractivity contribution in [3.05, 3.63) is 29.8 Å². The average Bonchev–Trinajstić information content (AvgIpc) is 2.62. The molecule has 7 heteroatoms. The monoisotopic (exact) mass is 352 g/mol. The first-order valence-corrected chi connectivity index (χ1v) is 8.85. The van der Waals surface area contributed by atoms with E-state index in [2.05, 4.69) is 21.8 Å². The zero-order valence-corrected chi connectivity index (χ0v) is 15.0. The maximum atomic E-state index is 9.28. The molecule has 3 rings (SSSR count). The molecule has 1 aliphatic rings. The van der Waals surface area contributed by atoms with E-state index >= 15 is 0 Å². The molecule has 0 bridgehead atoms. The number of aromatic nitrogens is 2. The van der Waals surface area contributed by atoms with Crippen LogP contribution in [0, 0.1) is 17.2 Å².